The second-order valence-electron chi connectivity index (χ2n) is 11.5. The molecule has 2 aromatic rings. The quantitative estimate of drug-likeness (QED) is 0.470. The van der Waals surface area contributed by atoms with Crippen LogP contribution in [0.2, 0.25) is 0 Å². The number of hydrogen-bond donors (Lipinski definition) is 1. The van der Waals surface area contributed by atoms with Gasteiger partial charge < -0.3 is 24.6 Å². The topological polar surface area (TPSA) is 88.2 Å². The summed E-state index contributed by atoms with van der Waals surface area (Å²) in [7, 11) is 0. The van der Waals surface area contributed by atoms with Gasteiger partial charge in [-0.1, -0.05) is 60.7 Å². The van der Waals surface area contributed by atoms with Crippen molar-refractivity contribution in [2.45, 2.75) is 70.2 Å². The summed E-state index contributed by atoms with van der Waals surface area (Å²) in [5.74, 6) is -0.750. The van der Waals surface area contributed by atoms with Gasteiger partial charge in [0.05, 0.1) is 19.6 Å². The van der Waals surface area contributed by atoms with Crippen molar-refractivity contribution in [1.82, 2.24) is 15.1 Å². The summed E-state index contributed by atoms with van der Waals surface area (Å²) >= 11 is 0. The molecule has 2 aromatic carbocycles. The van der Waals surface area contributed by atoms with Crippen LogP contribution in [0.15, 0.2) is 60.7 Å². The molecule has 2 aliphatic heterocycles. The molecule has 2 heterocycles. The van der Waals surface area contributed by atoms with Crippen LogP contribution >= 0.6 is 0 Å². The van der Waals surface area contributed by atoms with Crippen molar-refractivity contribution in [2.24, 2.45) is 0 Å². The summed E-state index contributed by atoms with van der Waals surface area (Å²) in [4.78, 5) is 43.9. The normalized spacial score (nSPS) is 19.7. The van der Waals surface area contributed by atoms with Gasteiger partial charge in [0.15, 0.2) is 0 Å². The van der Waals surface area contributed by atoms with E-state index >= 15 is 0 Å². The minimum Gasteiger partial charge on any atom is -0.460 e. The van der Waals surface area contributed by atoms with Crippen molar-refractivity contribution in [3.8, 4) is 0 Å². The Hall–Kier alpha value is -3.23. The van der Waals surface area contributed by atoms with E-state index in [0.29, 0.717) is 32.5 Å². The maximum Gasteiger partial charge on any atom is 0.308 e. The lowest BCUT2D eigenvalue weighted by Crippen LogP contribution is -2.73. The first kappa shape index (κ1) is 28.8. The Labute approximate surface area is 231 Å². The van der Waals surface area contributed by atoms with Crippen molar-refractivity contribution in [3.05, 3.63) is 71.8 Å². The lowest BCUT2D eigenvalue weighted by atomic mass is 9.81. The highest BCUT2D eigenvalue weighted by molar-refractivity contribution is 6.00. The van der Waals surface area contributed by atoms with Gasteiger partial charge in [0.2, 0.25) is 11.8 Å². The molecular formula is C31H41N3O5. The molecule has 1 N–H and O–H groups in total. The average molecular weight is 536 g/mol. The van der Waals surface area contributed by atoms with Crippen molar-refractivity contribution in [3.63, 3.8) is 0 Å². The van der Waals surface area contributed by atoms with E-state index in [9.17, 15) is 14.4 Å². The molecule has 2 saturated heterocycles. The number of piperidine rings is 1. The van der Waals surface area contributed by atoms with Gasteiger partial charge in [0, 0.05) is 26.2 Å². The van der Waals surface area contributed by atoms with Crippen LogP contribution in [0, 0.1) is 0 Å². The number of esters is 1. The molecule has 0 saturated carbocycles. The Balaban J connectivity index is 1.42. The fourth-order valence-electron chi connectivity index (χ4n) is 5.35. The van der Waals surface area contributed by atoms with E-state index in [1.807, 2.05) is 69.3 Å². The number of piperazine rings is 1. The van der Waals surface area contributed by atoms with Crippen LogP contribution in [0.1, 0.15) is 51.2 Å². The third kappa shape index (κ3) is 7.67. The van der Waals surface area contributed by atoms with E-state index in [1.54, 1.807) is 4.90 Å². The third-order valence-corrected chi connectivity index (χ3v) is 7.41. The number of amides is 2. The molecule has 1 spiro atoms. The molecule has 4 rings (SSSR count). The molecule has 2 aliphatic rings. The minimum atomic E-state index is -0.974. The number of carbonyl (C=O) groups is 3. The Morgan fingerprint density at radius 2 is 1.56 bits per heavy atom. The van der Waals surface area contributed by atoms with Crippen LogP contribution in [-0.4, -0.2) is 77.6 Å². The number of hydrogen-bond acceptors (Lipinski definition) is 6. The van der Waals surface area contributed by atoms with E-state index < -0.39 is 17.2 Å². The van der Waals surface area contributed by atoms with Gasteiger partial charge in [-0.05, 0) is 51.2 Å². The lowest BCUT2D eigenvalue weighted by Gasteiger charge is -2.51. The fraction of sp³-hybridized carbons (Fsp3) is 0.516. The monoisotopic (exact) mass is 535 g/mol. The SMILES string of the molecule is CC(C)(C)OC(=O)CCN1C(=O)C(COCc2ccccc2)NC(=O)C12CCN(CCc1ccccc1)CC2. The molecule has 2 amide bonds. The molecule has 1 unspecified atom stereocenters. The molecule has 8 heteroatoms. The smallest absolute Gasteiger partial charge is 0.308 e. The molecule has 8 nitrogen and oxygen atoms in total. The zero-order chi connectivity index (χ0) is 27.9. The summed E-state index contributed by atoms with van der Waals surface area (Å²) < 4.78 is 11.3. The Bertz CT molecular complexity index is 1110. The Morgan fingerprint density at radius 1 is 0.949 bits per heavy atom. The van der Waals surface area contributed by atoms with E-state index in [1.165, 1.54) is 5.56 Å². The number of nitrogens with one attached hydrogen (secondary N) is 1. The van der Waals surface area contributed by atoms with Gasteiger partial charge in [0.25, 0.3) is 0 Å². The molecule has 1 atom stereocenters. The number of benzene rings is 2. The van der Waals surface area contributed by atoms with Gasteiger partial charge in [-0.15, -0.1) is 0 Å². The largest absolute Gasteiger partial charge is 0.460 e. The molecule has 0 aliphatic carbocycles. The molecule has 2 fully saturated rings. The highest BCUT2D eigenvalue weighted by Gasteiger charge is 2.53. The van der Waals surface area contributed by atoms with Gasteiger partial charge in [-0.25, -0.2) is 0 Å². The fourth-order valence-corrected chi connectivity index (χ4v) is 5.35. The molecular weight excluding hydrogens is 494 g/mol. The first-order valence-electron chi connectivity index (χ1n) is 13.9. The summed E-state index contributed by atoms with van der Waals surface area (Å²) in [6.07, 6.45) is 2.01. The highest BCUT2D eigenvalue weighted by atomic mass is 16.6. The van der Waals surface area contributed by atoms with E-state index in [-0.39, 0.29) is 37.4 Å². The van der Waals surface area contributed by atoms with Crippen LogP contribution in [0.5, 0.6) is 0 Å². The second kappa shape index (κ2) is 12.7. The summed E-state index contributed by atoms with van der Waals surface area (Å²) in [6, 6.07) is 19.3. The van der Waals surface area contributed by atoms with Gasteiger partial charge >= 0.3 is 5.97 Å². The highest BCUT2D eigenvalue weighted by Crippen LogP contribution is 2.33. The molecule has 0 radical (unpaired) electrons. The number of likely N-dealkylation sites (tertiary alicyclic amines) is 1. The Morgan fingerprint density at radius 3 is 2.18 bits per heavy atom. The molecule has 0 bridgehead atoms. The van der Waals surface area contributed by atoms with Gasteiger partial charge in [-0.2, -0.15) is 0 Å². The lowest BCUT2D eigenvalue weighted by molar-refractivity contribution is -0.166. The summed E-state index contributed by atoms with van der Waals surface area (Å²) in [5, 5.41) is 2.95. The van der Waals surface area contributed by atoms with Crippen molar-refractivity contribution < 1.29 is 23.9 Å². The maximum atomic E-state index is 13.7. The maximum absolute atomic E-state index is 13.7. The standard InChI is InChI=1S/C31H41N3O5/c1-30(2,3)39-27(35)15-19-34-28(36)26(23-38-22-25-12-8-5-9-13-25)32-29(37)31(34)16-20-33(21-17-31)18-14-24-10-6-4-7-11-24/h4-13,26H,14-23H2,1-3H3,(H,32,37). The van der Waals surface area contributed by atoms with Crippen molar-refractivity contribution in [2.75, 3.05) is 32.8 Å². The molecule has 0 aromatic heterocycles. The number of carbonyl (C=O) groups excluding carboxylic acids is 3. The van der Waals surface area contributed by atoms with Crippen LogP contribution < -0.4 is 5.32 Å². The van der Waals surface area contributed by atoms with Crippen LogP contribution in [-0.2, 0) is 36.9 Å². The minimum absolute atomic E-state index is 0.0351. The predicted octanol–water partition coefficient (Wildman–Crippen LogP) is 3.34. The van der Waals surface area contributed by atoms with Crippen molar-refractivity contribution >= 4 is 17.8 Å². The summed E-state index contributed by atoms with van der Waals surface area (Å²) in [6.45, 7) is 8.30. The zero-order valence-electron chi connectivity index (χ0n) is 23.4. The van der Waals surface area contributed by atoms with E-state index in [4.69, 9.17) is 9.47 Å². The first-order valence-corrected chi connectivity index (χ1v) is 13.9. The van der Waals surface area contributed by atoms with E-state index in [0.717, 1.165) is 18.5 Å². The first-order chi connectivity index (χ1) is 18.7. The third-order valence-electron chi connectivity index (χ3n) is 7.41. The van der Waals surface area contributed by atoms with Crippen molar-refractivity contribution in [1.29, 1.82) is 0 Å². The Kier molecular flexibility index (Phi) is 9.40. The van der Waals surface area contributed by atoms with Gasteiger partial charge in [-0.3, -0.25) is 14.4 Å². The molecule has 39 heavy (non-hydrogen) atoms. The van der Waals surface area contributed by atoms with Gasteiger partial charge in [0.1, 0.15) is 17.2 Å². The van der Waals surface area contributed by atoms with Crippen LogP contribution in [0.4, 0.5) is 0 Å². The molecule has 210 valence electrons. The number of ether oxygens (including phenoxy) is 2. The number of nitrogens with zero attached hydrogens (tertiary/aromatic N) is 2. The zero-order valence-corrected chi connectivity index (χ0v) is 23.4. The average Bonchev–Trinajstić information content (AvgIpc) is 2.91. The summed E-state index contributed by atoms with van der Waals surface area (Å²) in [5.41, 5.74) is 0.683. The van der Waals surface area contributed by atoms with E-state index in [2.05, 4.69) is 22.3 Å². The van der Waals surface area contributed by atoms with Crippen LogP contribution in [0.3, 0.4) is 0 Å². The van der Waals surface area contributed by atoms with Crippen LogP contribution in [0.25, 0.3) is 0 Å². The predicted molar refractivity (Wildman–Crippen MR) is 149 cm³/mol. The number of rotatable bonds is 10. The second-order valence-corrected chi connectivity index (χ2v) is 11.5.